The quantitative estimate of drug-likeness (QED) is 0.493. The predicted molar refractivity (Wildman–Crippen MR) is 109 cm³/mol. The van der Waals surface area contributed by atoms with Crippen LogP contribution >= 0.6 is 0 Å². The standard InChI is InChI=1S/C19H38N4O2S/c1-16(11-13-26(3,24)25)22-19(20-2)21-14-18-10-7-12-23(18)15-17-8-5-4-6-9-17/h16-18H,4-15H2,1-3H3,(H2,20,21,22). The molecule has 26 heavy (non-hydrogen) atoms. The molecule has 152 valence electrons. The smallest absolute Gasteiger partial charge is 0.191 e. The van der Waals surface area contributed by atoms with Crippen molar-refractivity contribution in [3.63, 3.8) is 0 Å². The van der Waals surface area contributed by atoms with Crippen LogP contribution in [-0.2, 0) is 9.84 Å². The Balaban J connectivity index is 1.74. The fourth-order valence-electron chi connectivity index (χ4n) is 4.17. The average molecular weight is 387 g/mol. The summed E-state index contributed by atoms with van der Waals surface area (Å²) in [4.78, 5) is 6.97. The van der Waals surface area contributed by atoms with E-state index in [1.807, 2.05) is 6.92 Å². The second-order valence-electron chi connectivity index (χ2n) is 8.21. The van der Waals surface area contributed by atoms with Gasteiger partial charge in [-0.1, -0.05) is 19.3 Å². The van der Waals surface area contributed by atoms with E-state index in [1.165, 1.54) is 64.3 Å². The molecule has 0 bridgehead atoms. The maximum absolute atomic E-state index is 11.3. The third kappa shape index (κ3) is 7.82. The largest absolute Gasteiger partial charge is 0.355 e. The van der Waals surface area contributed by atoms with Gasteiger partial charge >= 0.3 is 0 Å². The minimum atomic E-state index is -2.92. The Morgan fingerprint density at radius 3 is 2.58 bits per heavy atom. The van der Waals surface area contributed by atoms with Crippen LogP contribution in [0, 0.1) is 5.92 Å². The molecule has 0 aromatic carbocycles. The van der Waals surface area contributed by atoms with E-state index < -0.39 is 9.84 Å². The topological polar surface area (TPSA) is 73.8 Å². The summed E-state index contributed by atoms with van der Waals surface area (Å²) >= 11 is 0. The molecule has 1 saturated heterocycles. The van der Waals surface area contributed by atoms with Gasteiger partial charge in [-0.05, 0) is 51.5 Å². The van der Waals surface area contributed by atoms with Crippen LogP contribution < -0.4 is 10.6 Å². The molecule has 6 nitrogen and oxygen atoms in total. The zero-order valence-electron chi connectivity index (χ0n) is 16.8. The Morgan fingerprint density at radius 1 is 1.19 bits per heavy atom. The lowest BCUT2D eigenvalue weighted by atomic mass is 9.89. The molecule has 0 radical (unpaired) electrons. The van der Waals surface area contributed by atoms with Crippen molar-refractivity contribution < 1.29 is 8.42 Å². The van der Waals surface area contributed by atoms with Crippen LogP contribution in [0.25, 0.3) is 0 Å². The van der Waals surface area contributed by atoms with E-state index >= 15 is 0 Å². The van der Waals surface area contributed by atoms with Gasteiger partial charge in [0.15, 0.2) is 5.96 Å². The van der Waals surface area contributed by atoms with Crippen molar-refractivity contribution in [3.05, 3.63) is 0 Å². The second kappa shape index (κ2) is 10.5. The van der Waals surface area contributed by atoms with Crippen LogP contribution in [0.3, 0.4) is 0 Å². The van der Waals surface area contributed by atoms with E-state index in [1.54, 1.807) is 7.05 Å². The minimum Gasteiger partial charge on any atom is -0.355 e. The molecule has 0 spiro atoms. The molecule has 0 aromatic rings. The lowest BCUT2D eigenvalue weighted by molar-refractivity contribution is 0.188. The summed E-state index contributed by atoms with van der Waals surface area (Å²) in [5.74, 6) is 1.86. The lowest BCUT2D eigenvalue weighted by Crippen LogP contribution is -2.48. The number of hydrogen-bond donors (Lipinski definition) is 2. The first kappa shape index (κ1) is 21.5. The first-order valence-corrected chi connectivity index (χ1v) is 12.3. The maximum Gasteiger partial charge on any atom is 0.191 e. The van der Waals surface area contributed by atoms with Crippen molar-refractivity contribution in [1.82, 2.24) is 15.5 Å². The monoisotopic (exact) mass is 386 g/mol. The van der Waals surface area contributed by atoms with Crippen molar-refractivity contribution in [2.24, 2.45) is 10.9 Å². The van der Waals surface area contributed by atoms with Gasteiger partial charge in [-0.3, -0.25) is 9.89 Å². The number of hydrogen-bond acceptors (Lipinski definition) is 4. The van der Waals surface area contributed by atoms with Gasteiger partial charge in [0.2, 0.25) is 0 Å². The summed E-state index contributed by atoms with van der Waals surface area (Å²) < 4.78 is 22.6. The number of likely N-dealkylation sites (tertiary alicyclic amines) is 1. The number of aliphatic imine (C=N–C) groups is 1. The Bertz CT molecular complexity index is 544. The number of guanidine groups is 1. The Kier molecular flexibility index (Phi) is 8.67. The van der Waals surface area contributed by atoms with Crippen LogP contribution in [0.5, 0.6) is 0 Å². The van der Waals surface area contributed by atoms with E-state index in [9.17, 15) is 8.42 Å². The van der Waals surface area contributed by atoms with Gasteiger partial charge in [-0.2, -0.15) is 0 Å². The van der Waals surface area contributed by atoms with E-state index in [4.69, 9.17) is 0 Å². The van der Waals surface area contributed by atoms with Gasteiger partial charge in [0, 0.05) is 38.5 Å². The van der Waals surface area contributed by atoms with Crippen LogP contribution in [-0.4, -0.2) is 70.1 Å². The maximum atomic E-state index is 11.3. The Labute approximate surface area is 160 Å². The number of sulfone groups is 1. The zero-order chi connectivity index (χ0) is 19.0. The van der Waals surface area contributed by atoms with Crippen molar-refractivity contribution in [1.29, 1.82) is 0 Å². The molecular weight excluding hydrogens is 348 g/mol. The highest BCUT2D eigenvalue weighted by atomic mass is 32.2. The SMILES string of the molecule is CN=C(NCC1CCCN1CC1CCCCC1)NC(C)CCS(C)(=O)=O. The van der Waals surface area contributed by atoms with Gasteiger partial charge in [-0.25, -0.2) is 8.42 Å². The summed E-state index contributed by atoms with van der Waals surface area (Å²) in [5.41, 5.74) is 0. The van der Waals surface area contributed by atoms with Gasteiger partial charge < -0.3 is 10.6 Å². The van der Waals surface area contributed by atoms with Crippen LogP contribution in [0.15, 0.2) is 4.99 Å². The fourth-order valence-corrected chi connectivity index (χ4v) is 4.96. The van der Waals surface area contributed by atoms with Crippen molar-refractivity contribution in [2.45, 2.75) is 70.4 Å². The molecule has 2 fully saturated rings. The Morgan fingerprint density at radius 2 is 1.92 bits per heavy atom. The third-order valence-electron chi connectivity index (χ3n) is 5.75. The van der Waals surface area contributed by atoms with Crippen molar-refractivity contribution in [3.8, 4) is 0 Å². The molecule has 2 rings (SSSR count). The molecule has 0 amide bonds. The van der Waals surface area contributed by atoms with Crippen molar-refractivity contribution >= 4 is 15.8 Å². The number of nitrogens with zero attached hydrogens (tertiary/aromatic N) is 2. The molecular formula is C19H38N4O2S. The normalized spacial score (nSPS) is 24.6. The molecule has 7 heteroatoms. The summed E-state index contributed by atoms with van der Waals surface area (Å²) in [5, 5.41) is 6.77. The number of rotatable bonds is 8. The zero-order valence-corrected chi connectivity index (χ0v) is 17.7. The van der Waals surface area contributed by atoms with Gasteiger partial charge in [0.25, 0.3) is 0 Å². The average Bonchev–Trinajstić information content (AvgIpc) is 3.04. The van der Waals surface area contributed by atoms with Crippen LogP contribution in [0.2, 0.25) is 0 Å². The summed E-state index contributed by atoms with van der Waals surface area (Å²) in [6.45, 7) is 5.39. The highest BCUT2D eigenvalue weighted by Crippen LogP contribution is 2.27. The van der Waals surface area contributed by atoms with E-state index in [2.05, 4.69) is 20.5 Å². The first-order chi connectivity index (χ1) is 12.4. The predicted octanol–water partition coefficient (Wildman–Crippen LogP) is 2.02. The fraction of sp³-hybridized carbons (Fsp3) is 0.947. The third-order valence-corrected chi connectivity index (χ3v) is 6.73. The van der Waals surface area contributed by atoms with Crippen LogP contribution in [0.1, 0.15) is 58.3 Å². The Hall–Kier alpha value is -0.820. The lowest BCUT2D eigenvalue weighted by Gasteiger charge is -2.31. The van der Waals surface area contributed by atoms with Crippen LogP contribution in [0.4, 0.5) is 0 Å². The van der Waals surface area contributed by atoms with Gasteiger partial charge in [-0.15, -0.1) is 0 Å². The molecule has 2 aliphatic rings. The molecule has 2 N–H and O–H groups in total. The summed E-state index contributed by atoms with van der Waals surface area (Å²) in [6.07, 6.45) is 11.4. The van der Waals surface area contributed by atoms with Gasteiger partial charge in [0.1, 0.15) is 9.84 Å². The van der Waals surface area contributed by atoms with E-state index in [0.717, 1.165) is 18.4 Å². The van der Waals surface area contributed by atoms with E-state index in [-0.39, 0.29) is 11.8 Å². The molecule has 2 unspecified atom stereocenters. The molecule has 1 aliphatic carbocycles. The van der Waals surface area contributed by atoms with E-state index in [0.29, 0.717) is 12.5 Å². The number of nitrogens with one attached hydrogen (secondary N) is 2. The van der Waals surface area contributed by atoms with Crippen molar-refractivity contribution in [2.75, 3.05) is 38.7 Å². The molecule has 1 aliphatic heterocycles. The second-order valence-corrected chi connectivity index (χ2v) is 10.5. The molecule has 1 saturated carbocycles. The minimum absolute atomic E-state index is 0.0813. The molecule has 2 atom stereocenters. The summed E-state index contributed by atoms with van der Waals surface area (Å²) in [7, 11) is -1.14. The van der Waals surface area contributed by atoms with Gasteiger partial charge in [0.05, 0.1) is 5.75 Å². The molecule has 1 heterocycles. The first-order valence-electron chi connectivity index (χ1n) is 10.3. The highest BCUT2D eigenvalue weighted by Gasteiger charge is 2.27. The molecule has 0 aromatic heterocycles. The summed E-state index contributed by atoms with van der Waals surface area (Å²) in [6, 6.07) is 0.666. The highest BCUT2D eigenvalue weighted by molar-refractivity contribution is 7.90.